The van der Waals surface area contributed by atoms with Crippen LogP contribution >= 0.6 is 15.9 Å². The molecule has 5 N–H and O–H groups in total. The molecule has 0 radical (unpaired) electrons. The van der Waals surface area contributed by atoms with E-state index >= 15 is 0 Å². The number of imide groups is 1. The van der Waals surface area contributed by atoms with Crippen LogP contribution in [0.15, 0.2) is 59.3 Å². The quantitative estimate of drug-likeness (QED) is 0.264. The third kappa shape index (κ3) is 3.73. The number of H-pyrrole nitrogens is 1. The molecule has 5 rings (SSSR count). The number of hydrogen-bond acceptors (Lipinski definition) is 4. The summed E-state index contributed by atoms with van der Waals surface area (Å²) in [6.45, 7) is 4.20. The van der Waals surface area contributed by atoms with E-state index in [4.69, 9.17) is 5.73 Å². The lowest BCUT2D eigenvalue weighted by Gasteiger charge is -2.32. The second kappa shape index (κ2) is 8.78. The van der Waals surface area contributed by atoms with Crippen LogP contribution in [0.25, 0.3) is 33.0 Å². The molecular weight excluding hydrogens is 508 g/mol. The van der Waals surface area contributed by atoms with Crippen LogP contribution in [0.5, 0.6) is 0 Å². The standard InChI is InChI=1S/C27H27BrN4O3/c1-3-27(29,4-2)21(33)14-32-13-17(22-18(28)9-7-11-20(22)32)24-23(25(34)31-26(24)35)16-12-30-19-10-6-5-8-15(16)19/h5-13,21,30,33H,3-4,14,29H2,1-2H3,(H,31,34,35). The Hall–Kier alpha value is -3.20. The van der Waals surface area contributed by atoms with E-state index in [0.717, 1.165) is 26.3 Å². The number of benzene rings is 2. The molecule has 0 aliphatic carbocycles. The first-order valence-corrected chi connectivity index (χ1v) is 12.5. The molecule has 1 atom stereocenters. The number of para-hydroxylation sites is 1. The minimum atomic E-state index is -0.791. The Morgan fingerprint density at radius 3 is 2.43 bits per heavy atom. The Morgan fingerprint density at radius 1 is 1.03 bits per heavy atom. The first kappa shape index (κ1) is 23.5. The second-order valence-electron chi connectivity index (χ2n) is 9.07. The first-order valence-electron chi connectivity index (χ1n) is 11.7. The van der Waals surface area contributed by atoms with Crippen molar-refractivity contribution in [3.05, 3.63) is 70.5 Å². The molecule has 0 saturated carbocycles. The Labute approximate surface area is 211 Å². The number of halogens is 1. The lowest BCUT2D eigenvalue weighted by atomic mass is 9.87. The topological polar surface area (TPSA) is 113 Å². The number of amides is 2. The number of nitrogens with zero attached hydrogens (tertiary/aromatic N) is 1. The molecule has 4 aromatic rings. The molecule has 35 heavy (non-hydrogen) atoms. The van der Waals surface area contributed by atoms with Crippen molar-refractivity contribution < 1.29 is 14.7 Å². The third-order valence-corrected chi connectivity index (χ3v) is 7.93. The van der Waals surface area contributed by atoms with Crippen molar-refractivity contribution in [1.82, 2.24) is 14.9 Å². The average molecular weight is 535 g/mol. The number of carbonyl (C=O) groups excluding carboxylic acids is 2. The van der Waals surface area contributed by atoms with E-state index in [2.05, 4.69) is 26.2 Å². The van der Waals surface area contributed by atoms with Gasteiger partial charge in [-0.1, -0.05) is 54.0 Å². The maximum Gasteiger partial charge on any atom is 0.259 e. The molecule has 2 aromatic heterocycles. The van der Waals surface area contributed by atoms with E-state index in [-0.39, 0.29) is 6.54 Å². The van der Waals surface area contributed by atoms with Crippen molar-refractivity contribution in [2.75, 3.05) is 0 Å². The van der Waals surface area contributed by atoms with Gasteiger partial charge in [-0.3, -0.25) is 14.9 Å². The molecule has 1 unspecified atom stereocenters. The van der Waals surface area contributed by atoms with Crippen molar-refractivity contribution in [2.45, 2.75) is 44.9 Å². The Bertz CT molecular complexity index is 1510. The van der Waals surface area contributed by atoms with Gasteiger partial charge in [-0.05, 0) is 31.0 Å². The van der Waals surface area contributed by atoms with Crippen molar-refractivity contribution >= 4 is 60.7 Å². The Balaban J connectivity index is 1.74. The summed E-state index contributed by atoms with van der Waals surface area (Å²) < 4.78 is 2.71. The van der Waals surface area contributed by atoms with Crippen LogP contribution in [0.3, 0.4) is 0 Å². The molecule has 0 bridgehead atoms. The SMILES string of the molecule is CCC(N)(CC)C(O)Cn1cc(C2=C(c3c[nH]c4ccccc34)C(=O)NC2=O)c2c(Br)cccc21. The largest absolute Gasteiger partial charge is 0.389 e. The fourth-order valence-corrected chi connectivity index (χ4v) is 5.56. The maximum atomic E-state index is 13.2. The van der Waals surface area contributed by atoms with E-state index in [0.29, 0.717) is 35.1 Å². The van der Waals surface area contributed by atoms with Crippen LogP contribution in [0.4, 0.5) is 0 Å². The second-order valence-corrected chi connectivity index (χ2v) is 9.92. The van der Waals surface area contributed by atoms with Gasteiger partial charge in [-0.25, -0.2) is 0 Å². The highest BCUT2D eigenvalue weighted by Crippen LogP contribution is 2.40. The van der Waals surface area contributed by atoms with E-state index in [9.17, 15) is 14.7 Å². The van der Waals surface area contributed by atoms with Crippen LogP contribution < -0.4 is 11.1 Å². The molecule has 2 amide bonds. The van der Waals surface area contributed by atoms with Gasteiger partial charge < -0.3 is 20.4 Å². The Kier molecular flexibility index (Phi) is 5.91. The number of rotatable bonds is 7. The molecule has 1 aliphatic heterocycles. The van der Waals surface area contributed by atoms with Gasteiger partial charge in [0.25, 0.3) is 11.8 Å². The summed E-state index contributed by atoms with van der Waals surface area (Å²) in [5.74, 6) is -0.874. The smallest absolute Gasteiger partial charge is 0.259 e. The molecule has 1 aliphatic rings. The summed E-state index contributed by atoms with van der Waals surface area (Å²) in [5, 5.41) is 15.2. The molecule has 0 saturated heterocycles. The van der Waals surface area contributed by atoms with Crippen LogP contribution in [-0.2, 0) is 16.1 Å². The highest BCUT2D eigenvalue weighted by Gasteiger charge is 2.36. The molecular formula is C27H27BrN4O3. The summed E-state index contributed by atoms with van der Waals surface area (Å²) in [7, 11) is 0. The van der Waals surface area contributed by atoms with E-state index in [1.807, 2.05) is 67.1 Å². The van der Waals surface area contributed by atoms with E-state index in [1.54, 1.807) is 6.20 Å². The monoisotopic (exact) mass is 534 g/mol. The van der Waals surface area contributed by atoms with Crippen molar-refractivity contribution in [3.8, 4) is 0 Å². The number of aliphatic hydroxyl groups is 1. The van der Waals surface area contributed by atoms with Crippen molar-refractivity contribution in [2.24, 2.45) is 5.73 Å². The molecule has 2 aromatic carbocycles. The number of aromatic amines is 1. The summed E-state index contributed by atoms with van der Waals surface area (Å²) in [5.41, 5.74) is 9.41. The van der Waals surface area contributed by atoms with Crippen molar-refractivity contribution in [1.29, 1.82) is 0 Å². The molecule has 0 spiro atoms. The van der Waals surface area contributed by atoms with Crippen LogP contribution in [-0.4, -0.2) is 38.1 Å². The van der Waals surface area contributed by atoms with Gasteiger partial charge in [-0.15, -0.1) is 0 Å². The normalized spacial score (nSPS) is 15.5. The zero-order chi connectivity index (χ0) is 24.9. The average Bonchev–Trinajstić information content (AvgIpc) is 3.52. The van der Waals surface area contributed by atoms with Gasteiger partial charge in [0.15, 0.2) is 0 Å². The highest BCUT2D eigenvalue weighted by molar-refractivity contribution is 9.10. The molecule has 180 valence electrons. The summed E-state index contributed by atoms with van der Waals surface area (Å²) in [6, 6.07) is 13.4. The third-order valence-electron chi connectivity index (χ3n) is 7.26. The molecule has 3 heterocycles. The zero-order valence-corrected chi connectivity index (χ0v) is 21.1. The molecule has 8 heteroatoms. The predicted molar refractivity (Wildman–Crippen MR) is 141 cm³/mol. The highest BCUT2D eigenvalue weighted by atomic mass is 79.9. The number of fused-ring (bicyclic) bond motifs is 2. The fraction of sp³-hybridized carbons (Fsp3) is 0.259. The number of carbonyl (C=O) groups is 2. The lowest BCUT2D eigenvalue weighted by molar-refractivity contribution is -0.122. The first-order chi connectivity index (χ1) is 16.8. The predicted octanol–water partition coefficient (Wildman–Crippen LogP) is 4.33. The minimum absolute atomic E-state index is 0.260. The molecule has 7 nitrogen and oxygen atoms in total. The fourth-order valence-electron chi connectivity index (χ4n) is 4.99. The zero-order valence-electron chi connectivity index (χ0n) is 19.6. The van der Waals surface area contributed by atoms with E-state index < -0.39 is 23.5 Å². The Morgan fingerprint density at radius 2 is 1.71 bits per heavy atom. The lowest BCUT2D eigenvalue weighted by Crippen LogP contribution is -2.51. The van der Waals surface area contributed by atoms with Crippen LogP contribution in [0.2, 0.25) is 0 Å². The van der Waals surface area contributed by atoms with Gasteiger partial charge in [-0.2, -0.15) is 0 Å². The number of nitrogens with two attached hydrogens (primary N) is 1. The number of aromatic nitrogens is 2. The number of hydrogen-bond donors (Lipinski definition) is 4. The van der Waals surface area contributed by atoms with Crippen LogP contribution in [0, 0.1) is 0 Å². The van der Waals surface area contributed by atoms with Gasteiger partial charge in [0.2, 0.25) is 0 Å². The maximum absolute atomic E-state index is 13.2. The van der Waals surface area contributed by atoms with Gasteiger partial charge >= 0.3 is 0 Å². The number of aliphatic hydroxyl groups excluding tert-OH is 1. The summed E-state index contributed by atoms with van der Waals surface area (Å²) in [6.07, 6.45) is 4.08. The minimum Gasteiger partial charge on any atom is -0.389 e. The summed E-state index contributed by atoms with van der Waals surface area (Å²) >= 11 is 3.64. The van der Waals surface area contributed by atoms with Crippen molar-refractivity contribution in [3.63, 3.8) is 0 Å². The molecule has 0 fully saturated rings. The summed E-state index contributed by atoms with van der Waals surface area (Å²) in [4.78, 5) is 29.4. The van der Waals surface area contributed by atoms with Gasteiger partial charge in [0.1, 0.15) is 0 Å². The van der Waals surface area contributed by atoms with Gasteiger partial charge in [0, 0.05) is 55.3 Å². The van der Waals surface area contributed by atoms with E-state index in [1.165, 1.54) is 0 Å². The van der Waals surface area contributed by atoms with Gasteiger partial charge in [0.05, 0.1) is 23.8 Å². The number of nitrogens with one attached hydrogen (secondary N) is 2. The van der Waals surface area contributed by atoms with Crippen LogP contribution in [0.1, 0.15) is 37.8 Å².